The molecule has 0 heterocycles. The Labute approximate surface area is 161 Å². The summed E-state index contributed by atoms with van der Waals surface area (Å²) in [5.74, 6) is -1.26. The van der Waals surface area contributed by atoms with Crippen LogP contribution >= 0.6 is 0 Å². The Balaban J connectivity index is 1.89. The largest absolute Gasteiger partial charge is 0.356 e. The van der Waals surface area contributed by atoms with E-state index in [1.165, 1.54) is 6.07 Å². The highest BCUT2D eigenvalue weighted by Crippen LogP contribution is 2.20. The fourth-order valence-corrected chi connectivity index (χ4v) is 3.96. The Bertz CT molecular complexity index is 927. The van der Waals surface area contributed by atoms with E-state index in [9.17, 15) is 18.0 Å². The lowest BCUT2D eigenvalue weighted by Crippen LogP contribution is -2.28. The molecule has 2 rings (SSSR count). The molecule has 0 radical (unpaired) electrons. The van der Waals surface area contributed by atoms with Crippen LogP contribution in [0, 0.1) is 5.41 Å². The Kier molecular flexibility index (Phi) is 6.76. The lowest BCUT2D eigenvalue weighted by molar-refractivity contribution is -0.124. The maximum absolute atomic E-state index is 12.5. The molecule has 0 spiro atoms. The van der Waals surface area contributed by atoms with E-state index in [4.69, 9.17) is 0 Å². The van der Waals surface area contributed by atoms with Crippen LogP contribution in [0.3, 0.4) is 0 Å². The summed E-state index contributed by atoms with van der Waals surface area (Å²) in [6.07, 6.45) is 0.771. The van der Waals surface area contributed by atoms with Crippen molar-refractivity contribution in [3.05, 3.63) is 42.5 Å². The summed E-state index contributed by atoms with van der Waals surface area (Å²) in [6, 6.07) is 12.3. The van der Waals surface area contributed by atoms with E-state index < -0.39 is 21.4 Å². The molecule has 0 atom stereocenters. The van der Waals surface area contributed by atoms with Gasteiger partial charge < -0.3 is 5.32 Å². The predicted molar refractivity (Wildman–Crippen MR) is 107 cm³/mol. The average molecular weight is 390 g/mol. The third-order valence-electron chi connectivity index (χ3n) is 4.26. The van der Waals surface area contributed by atoms with Gasteiger partial charge in [0.25, 0.3) is 0 Å². The van der Waals surface area contributed by atoms with Crippen LogP contribution in [0.2, 0.25) is 0 Å². The van der Waals surface area contributed by atoms with Crippen molar-refractivity contribution in [3.8, 4) is 0 Å². The number of rotatable bonds is 8. The minimum absolute atomic E-state index is 0.0101. The molecular formula is C21H27NO4S. The van der Waals surface area contributed by atoms with Crippen LogP contribution in [0.5, 0.6) is 0 Å². The van der Waals surface area contributed by atoms with E-state index in [1.54, 1.807) is 12.1 Å². The maximum Gasteiger partial charge on any atom is 0.220 e. The number of nitrogens with one attached hydrogen (secondary N) is 1. The highest BCUT2D eigenvalue weighted by molar-refractivity contribution is 7.92. The first-order valence-electron chi connectivity index (χ1n) is 9.07. The molecular weight excluding hydrogens is 362 g/mol. The monoisotopic (exact) mass is 389 g/mol. The number of Topliss-reactive ketones (excluding diaryl/α,β-unsaturated/α-hetero) is 1. The van der Waals surface area contributed by atoms with Crippen LogP contribution in [0.25, 0.3) is 10.8 Å². The lowest BCUT2D eigenvalue weighted by Gasteiger charge is -2.17. The van der Waals surface area contributed by atoms with Gasteiger partial charge in [0.1, 0.15) is 11.5 Å². The van der Waals surface area contributed by atoms with Crippen molar-refractivity contribution in [2.24, 2.45) is 5.41 Å². The van der Waals surface area contributed by atoms with Crippen LogP contribution < -0.4 is 5.32 Å². The quantitative estimate of drug-likeness (QED) is 0.749. The second-order valence-electron chi connectivity index (χ2n) is 7.97. The molecule has 0 saturated carbocycles. The van der Waals surface area contributed by atoms with Crippen molar-refractivity contribution >= 4 is 32.3 Å². The molecule has 1 amide bonds. The van der Waals surface area contributed by atoms with Crippen LogP contribution in [0.1, 0.15) is 40.0 Å². The minimum atomic E-state index is -3.72. The third-order valence-corrected chi connectivity index (χ3v) is 5.93. The summed E-state index contributed by atoms with van der Waals surface area (Å²) < 4.78 is 25.0. The first kappa shape index (κ1) is 21.1. The molecule has 0 aromatic heterocycles. The van der Waals surface area contributed by atoms with Crippen LogP contribution in [-0.4, -0.2) is 32.4 Å². The van der Waals surface area contributed by atoms with E-state index >= 15 is 0 Å². The molecule has 5 nitrogen and oxygen atoms in total. The van der Waals surface area contributed by atoms with E-state index in [1.807, 2.05) is 24.3 Å². The van der Waals surface area contributed by atoms with Gasteiger partial charge >= 0.3 is 0 Å². The summed E-state index contributed by atoms with van der Waals surface area (Å²) >= 11 is 0. The number of hydrogen-bond donors (Lipinski definition) is 1. The second kappa shape index (κ2) is 8.65. The topological polar surface area (TPSA) is 80.3 Å². The van der Waals surface area contributed by atoms with E-state index in [0.717, 1.165) is 17.2 Å². The summed E-state index contributed by atoms with van der Waals surface area (Å²) in [5, 5.41) is 4.52. The van der Waals surface area contributed by atoms with E-state index in [-0.39, 0.29) is 29.1 Å². The summed E-state index contributed by atoms with van der Waals surface area (Å²) in [7, 11) is -3.72. The molecule has 6 heteroatoms. The number of amides is 1. The number of carbonyl (C=O) groups is 2. The molecule has 2 aromatic carbocycles. The zero-order valence-corrected chi connectivity index (χ0v) is 16.9. The van der Waals surface area contributed by atoms with Gasteiger partial charge in [0, 0.05) is 19.4 Å². The van der Waals surface area contributed by atoms with Gasteiger partial charge in [0.15, 0.2) is 9.84 Å². The van der Waals surface area contributed by atoms with Crippen molar-refractivity contribution < 1.29 is 18.0 Å². The molecule has 2 aromatic rings. The fraction of sp³-hybridized carbons (Fsp3) is 0.429. The zero-order valence-electron chi connectivity index (χ0n) is 16.1. The van der Waals surface area contributed by atoms with Gasteiger partial charge in [-0.25, -0.2) is 8.42 Å². The highest BCUT2D eigenvalue weighted by Gasteiger charge is 2.20. The molecule has 0 saturated heterocycles. The van der Waals surface area contributed by atoms with Gasteiger partial charge in [-0.2, -0.15) is 0 Å². The van der Waals surface area contributed by atoms with Crippen LogP contribution in [0.4, 0.5) is 0 Å². The van der Waals surface area contributed by atoms with Gasteiger partial charge in [-0.1, -0.05) is 51.1 Å². The number of carbonyl (C=O) groups excluding carboxylic acids is 2. The van der Waals surface area contributed by atoms with Crippen LogP contribution in [0.15, 0.2) is 47.4 Å². The number of fused-ring (bicyclic) bond motifs is 1. The van der Waals surface area contributed by atoms with Crippen molar-refractivity contribution in [1.29, 1.82) is 0 Å². The molecule has 27 heavy (non-hydrogen) atoms. The Morgan fingerprint density at radius 1 is 0.963 bits per heavy atom. The van der Waals surface area contributed by atoms with Gasteiger partial charge in [0.05, 0.1) is 4.90 Å². The molecule has 0 bridgehead atoms. The Morgan fingerprint density at radius 2 is 1.63 bits per heavy atom. The van der Waals surface area contributed by atoms with Crippen molar-refractivity contribution in [1.82, 2.24) is 5.32 Å². The number of ketones is 1. The molecule has 0 aliphatic carbocycles. The standard InChI is InChI=1S/C21H27NO4S/c1-21(2,3)12-13-22-20(24)11-9-18(23)15-27(25,26)19-10-8-16-6-4-5-7-17(16)14-19/h4-8,10,14H,9,11-13,15H2,1-3H3,(H,22,24). The third kappa shape index (κ3) is 6.79. The number of sulfone groups is 1. The minimum Gasteiger partial charge on any atom is -0.356 e. The molecule has 1 N–H and O–H groups in total. The van der Waals surface area contributed by atoms with Crippen molar-refractivity contribution in [3.63, 3.8) is 0 Å². The average Bonchev–Trinajstić information content (AvgIpc) is 2.58. The van der Waals surface area contributed by atoms with Gasteiger partial charge in [0.2, 0.25) is 5.91 Å². The first-order chi connectivity index (χ1) is 12.6. The smallest absolute Gasteiger partial charge is 0.220 e. The normalized spacial score (nSPS) is 12.1. The number of benzene rings is 2. The first-order valence-corrected chi connectivity index (χ1v) is 10.7. The number of hydrogen-bond acceptors (Lipinski definition) is 4. The van der Waals surface area contributed by atoms with Gasteiger partial charge in [-0.3, -0.25) is 9.59 Å². The van der Waals surface area contributed by atoms with E-state index in [0.29, 0.717) is 6.54 Å². The maximum atomic E-state index is 12.5. The Hall–Kier alpha value is -2.21. The molecule has 0 aliphatic heterocycles. The highest BCUT2D eigenvalue weighted by atomic mass is 32.2. The van der Waals surface area contributed by atoms with Gasteiger partial charge in [-0.15, -0.1) is 0 Å². The molecule has 146 valence electrons. The molecule has 0 aliphatic rings. The summed E-state index contributed by atoms with van der Waals surface area (Å²) in [4.78, 5) is 24.0. The van der Waals surface area contributed by atoms with Crippen molar-refractivity contribution in [2.75, 3.05) is 12.3 Å². The summed E-state index contributed by atoms with van der Waals surface area (Å²) in [5.41, 5.74) is 0.122. The Morgan fingerprint density at radius 3 is 2.30 bits per heavy atom. The second-order valence-corrected chi connectivity index (χ2v) is 9.96. The van der Waals surface area contributed by atoms with Crippen molar-refractivity contribution in [2.45, 2.75) is 44.9 Å². The predicted octanol–water partition coefficient (Wildman–Crippen LogP) is 3.52. The van der Waals surface area contributed by atoms with Crippen LogP contribution in [-0.2, 0) is 19.4 Å². The fourth-order valence-electron chi connectivity index (χ4n) is 2.65. The lowest BCUT2D eigenvalue weighted by atomic mass is 9.92. The summed E-state index contributed by atoms with van der Waals surface area (Å²) in [6.45, 7) is 6.80. The zero-order chi connectivity index (χ0) is 20.1. The SMILES string of the molecule is CC(C)(C)CCNC(=O)CCC(=O)CS(=O)(=O)c1ccc2ccccc2c1. The molecule has 0 unspecified atom stereocenters. The molecule has 0 fully saturated rings. The van der Waals surface area contributed by atoms with E-state index in [2.05, 4.69) is 26.1 Å². The van der Waals surface area contributed by atoms with Gasteiger partial charge in [-0.05, 0) is 34.7 Å².